The molecule has 2 nitrogen and oxygen atoms in total. The van der Waals surface area contributed by atoms with Crippen LogP contribution < -0.4 is 5.32 Å². The number of halogens is 2. The number of benzene rings is 2. The molecule has 2 aromatic carbocycles. The molecule has 0 unspecified atom stereocenters. The number of hydrogen-bond acceptors (Lipinski definition) is 2. The zero-order chi connectivity index (χ0) is 13.8. The topological polar surface area (TPSA) is 32.3 Å². The van der Waals surface area contributed by atoms with Gasteiger partial charge in [-0.25, -0.2) is 0 Å². The zero-order valence-electron chi connectivity index (χ0n) is 10.5. The number of para-hydroxylation sites is 1. The summed E-state index contributed by atoms with van der Waals surface area (Å²) in [5, 5.41) is 14.0. The molecule has 0 saturated heterocycles. The number of phenols is 1. The van der Waals surface area contributed by atoms with E-state index >= 15 is 0 Å². The molecule has 4 heteroatoms. The molecule has 0 saturated carbocycles. The molecule has 0 aliphatic heterocycles. The molecular weight excluding hydrogens is 326 g/mol. The van der Waals surface area contributed by atoms with Crippen molar-refractivity contribution >= 4 is 27.5 Å². The SMILES string of the molecule is C[C@H](NCc1cccc(Br)c1O)c1ccccc1Cl. The standard InChI is InChI=1S/C15H15BrClNO/c1-10(12-6-2-3-8-14(12)17)18-9-11-5-4-7-13(16)15(11)19/h2-8,10,18-19H,9H2,1H3/t10-/m0/s1. The van der Waals surface area contributed by atoms with Crippen molar-refractivity contribution in [1.82, 2.24) is 5.32 Å². The third kappa shape index (κ3) is 3.50. The minimum atomic E-state index is 0.118. The Balaban J connectivity index is 2.07. The van der Waals surface area contributed by atoms with Crippen molar-refractivity contribution in [3.05, 3.63) is 63.1 Å². The van der Waals surface area contributed by atoms with Crippen molar-refractivity contribution in [2.75, 3.05) is 0 Å². The summed E-state index contributed by atoms with van der Waals surface area (Å²) in [5.74, 6) is 0.279. The van der Waals surface area contributed by atoms with Gasteiger partial charge in [-0.05, 0) is 40.5 Å². The summed E-state index contributed by atoms with van der Waals surface area (Å²) in [6, 6.07) is 13.5. The Morgan fingerprint density at radius 1 is 1.21 bits per heavy atom. The molecule has 2 aromatic rings. The highest BCUT2D eigenvalue weighted by atomic mass is 79.9. The fourth-order valence-electron chi connectivity index (χ4n) is 1.90. The van der Waals surface area contributed by atoms with Crippen molar-refractivity contribution in [3.63, 3.8) is 0 Å². The maximum absolute atomic E-state index is 9.92. The van der Waals surface area contributed by atoms with Crippen molar-refractivity contribution < 1.29 is 5.11 Å². The predicted molar refractivity (Wildman–Crippen MR) is 82.5 cm³/mol. The second-order valence-electron chi connectivity index (χ2n) is 4.37. The lowest BCUT2D eigenvalue weighted by Gasteiger charge is -2.16. The monoisotopic (exact) mass is 339 g/mol. The Morgan fingerprint density at radius 2 is 1.95 bits per heavy atom. The second kappa shape index (κ2) is 6.42. The van der Waals surface area contributed by atoms with E-state index in [2.05, 4.69) is 28.2 Å². The zero-order valence-corrected chi connectivity index (χ0v) is 12.9. The molecule has 0 bridgehead atoms. The van der Waals surface area contributed by atoms with Crippen LogP contribution in [0.2, 0.25) is 5.02 Å². The number of phenolic OH excluding ortho intramolecular Hbond substituents is 1. The summed E-state index contributed by atoms with van der Waals surface area (Å²) in [4.78, 5) is 0. The molecule has 100 valence electrons. The Labute approximate surface area is 126 Å². The van der Waals surface area contributed by atoms with Crippen molar-refractivity contribution in [3.8, 4) is 5.75 Å². The average Bonchev–Trinajstić information content (AvgIpc) is 2.40. The van der Waals surface area contributed by atoms with Gasteiger partial charge < -0.3 is 10.4 Å². The summed E-state index contributed by atoms with van der Waals surface area (Å²) in [7, 11) is 0. The molecule has 19 heavy (non-hydrogen) atoms. The number of rotatable bonds is 4. The Bertz CT molecular complexity index is 574. The van der Waals surface area contributed by atoms with Crippen molar-refractivity contribution in [2.24, 2.45) is 0 Å². The first-order valence-corrected chi connectivity index (χ1v) is 7.21. The Kier molecular flexibility index (Phi) is 4.86. The first-order valence-electron chi connectivity index (χ1n) is 6.03. The van der Waals surface area contributed by atoms with Crippen LogP contribution in [0.1, 0.15) is 24.1 Å². The third-order valence-corrected chi connectivity index (χ3v) is 4.02. The van der Waals surface area contributed by atoms with Gasteiger partial charge in [0.05, 0.1) is 4.47 Å². The first kappa shape index (κ1) is 14.4. The quantitative estimate of drug-likeness (QED) is 0.848. The van der Waals surface area contributed by atoms with Gasteiger partial charge in [-0.1, -0.05) is 41.9 Å². The predicted octanol–water partition coefficient (Wildman–Crippen LogP) is 4.66. The molecule has 0 aliphatic carbocycles. The second-order valence-corrected chi connectivity index (χ2v) is 5.63. The summed E-state index contributed by atoms with van der Waals surface area (Å²) in [6.07, 6.45) is 0. The maximum atomic E-state index is 9.92. The van der Waals surface area contributed by atoms with Gasteiger partial charge in [0.15, 0.2) is 0 Å². The highest BCUT2D eigenvalue weighted by Gasteiger charge is 2.10. The molecular formula is C15H15BrClNO. The molecule has 2 N–H and O–H groups in total. The molecule has 2 rings (SSSR count). The van der Waals surface area contributed by atoms with Gasteiger partial charge in [-0.15, -0.1) is 0 Å². The van der Waals surface area contributed by atoms with Crippen LogP contribution in [0.15, 0.2) is 46.9 Å². The van der Waals surface area contributed by atoms with E-state index in [4.69, 9.17) is 11.6 Å². The molecule has 0 aliphatic rings. The fourth-order valence-corrected chi connectivity index (χ4v) is 2.61. The highest BCUT2D eigenvalue weighted by Crippen LogP contribution is 2.28. The van der Waals surface area contributed by atoms with Gasteiger partial charge in [0, 0.05) is 23.2 Å². The Hall–Kier alpha value is -1.03. The lowest BCUT2D eigenvalue weighted by Crippen LogP contribution is -2.18. The molecule has 0 aromatic heterocycles. The van der Waals surface area contributed by atoms with Gasteiger partial charge in [0.25, 0.3) is 0 Å². The smallest absolute Gasteiger partial charge is 0.134 e. The van der Waals surface area contributed by atoms with Crippen molar-refractivity contribution in [1.29, 1.82) is 0 Å². The average molecular weight is 341 g/mol. The molecule has 0 amide bonds. The minimum Gasteiger partial charge on any atom is -0.506 e. The van der Waals surface area contributed by atoms with Crippen LogP contribution in [0.4, 0.5) is 0 Å². The number of nitrogens with one attached hydrogen (secondary N) is 1. The molecule has 0 radical (unpaired) electrons. The normalized spacial score (nSPS) is 12.4. The Morgan fingerprint density at radius 3 is 2.68 bits per heavy atom. The fraction of sp³-hybridized carbons (Fsp3) is 0.200. The number of hydrogen-bond donors (Lipinski definition) is 2. The summed E-state index contributed by atoms with van der Waals surface area (Å²) in [5.41, 5.74) is 1.91. The van der Waals surface area contributed by atoms with Crippen LogP contribution in [-0.4, -0.2) is 5.11 Å². The lowest BCUT2D eigenvalue weighted by molar-refractivity contribution is 0.457. The third-order valence-electron chi connectivity index (χ3n) is 3.04. The highest BCUT2D eigenvalue weighted by molar-refractivity contribution is 9.10. The summed E-state index contributed by atoms with van der Waals surface area (Å²) >= 11 is 9.47. The lowest BCUT2D eigenvalue weighted by atomic mass is 10.1. The summed E-state index contributed by atoms with van der Waals surface area (Å²) < 4.78 is 0.706. The van der Waals surface area contributed by atoms with Crippen LogP contribution in [0, 0.1) is 0 Å². The van der Waals surface area contributed by atoms with Crippen LogP contribution in [0.3, 0.4) is 0 Å². The van der Waals surface area contributed by atoms with Gasteiger partial charge >= 0.3 is 0 Å². The van der Waals surface area contributed by atoms with E-state index in [0.717, 1.165) is 16.1 Å². The minimum absolute atomic E-state index is 0.118. The van der Waals surface area contributed by atoms with E-state index < -0.39 is 0 Å². The van der Waals surface area contributed by atoms with E-state index in [1.165, 1.54) is 0 Å². The van der Waals surface area contributed by atoms with Crippen LogP contribution in [0.5, 0.6) is 5.75 Å². The van der Waals surface area contributed by atoms with Crippen molar-refractivity contribution in [2.45, 2.75) is 19.5 Å². The first-order chi connectivity index (χ1) is 9.09. The van der Waals surface area contributed by atoms with E-state index in [9.17, 15) is 5.11 Å². The van der Waals surface area contributed by atoms with Gasteiger partial charge in [-0.2, -0.15) is 0 Å². The maximum Gasteiger partial charge on any atom is 0.134 e. The van der Waals surface area contributed by atoms with Gasteiger partial charge in [0.1, 0.15) is 5.75 Å². The number of aromatic hydroxyl groups is 1. The van der Waals surface area contributed by atoms with Gasteiger partial charge in [0.2, 0.25) is 0 Å². The van der Waals surface area contributed by atoms with E-state index in [0.29, 0.717) is 11.0 Å². The molecule has 0 heterocycles. The molecule has 0 fully saturated rings. The molecule has 0 spiro atoms. The van der Waals surface area contributed by atoms with E-state index in [1.807, 2.05) is 42.5 Å². The molecule has 1 atom stereocenters. The van der Waals surface area contributed by atoms with Crippen LogP contribution in [0.25, 0.3) is 0 Å². The van der Waals surface area contributed by atoms with Crippen LogP contribution in [-0.2, 0) is 6.54 Å². The largest absolute Gasteiger partial charge is 0.506 e. The van der Waals surface area contributed by atoms with E-state index in [-0.39, 0.29) is 11.8 Å². The van der Waals surface area contributed by atoms with Gasteiger partial charge in [-0.3, -0.25) is 0 Å². The van der Waals surface area contributed by atoms with E-state index in [1.54, 1.807) is 0 Å². The van der Waals surface area contributed by atoms with Crippen LogP contribution >= 0.6 is 27.5 Å². The summed E-state index contributed by atoms with van der Waals surface area (Å²) in [6.45, 7) is 2.63.